The lowest BCUT2D eigenvalue weighted by Gasteiger charge is -2.08. The monoisotopic (exact) mass is 426 g/mol. The summed E-state index contributed by atoms with van der Waals surface area (Å²) in [6.07, 6.45) is 2.48. The fourth-order valence-corrected chi connectivity index (χ4v) is 2.80. The maximum absolute atomic E-state index is 12.8. The summed E-state index contributed by atoms with van der Waals surface area (Å²) >= 11 is 4.69. The maximum atomic E-state index is 12.8. The van der Waals surface area contributed by atoms with Crippen LogP contribution in [-0.2, 0) is 4.79 Å². The zero-order valence-corrected chi connectivity index (χ0v) is 15.8. The standard InChI is InChI=1S/C16H16BrFN4O2S/c1-2-7-25-16-20-8-12(17)14(22-16)15(24)19-9-13(23)21-11-5-3-10(18)4-6-11/h3-6,8H,2,7,9H2,1H3,(H,19,24)(H,21,23). The summed E-state index contributed by atoms with van der Waals surface area (Å²) in [5, 5.41) is 5.57. The first-order valence-electron chi connectivity index (χ1n) is 7.48. The molecule has 0 atom stereocenters. The van der Waals surface area contributed by atoms with Gasteiger partial charge in [-0.05, 0) is 46.6 Å². The third-order valence-corrected chi connectivity index (χ3v) is 4.56. The Morgan fingerprint density at radius 1 is 1.28 bits per heavy atom. The molecule has 0 saturated heterocycles. The highest BCUT2D eigenvalue weighted by molar-refractivity contribution is 9.10. The summed E-state index contributed by atoms with van der Waals surface area (Å²) in [6, 6.07) is 5.35. The molecular weight excluding hydrogens is 411 g/mol. The van der Waals surface area contributed by atoms with E-state index in [1.165, 1.54) is 42.2 Å². The van der Waals surface area contributed by atoms with E-state index in [0.717, 1.165) is 12.2 Å². The number of nitrogens with zero attached hydrogens (tertiary/aromatic N) is 2. The molecule has 1 aromatic heterocycles. The van der Waals surface area contributed by atoms with E-state index in [4.69, 9.17) is 0 Å². The normalized spacial score (nSPS) is 10.4. The quantitative estimate of drug-likeness (QED) is 0.524. The molecule has 2 N–H and O–H groups in total. The molecule has 0 spiro atoms. The van der Waals surface area contributed by atoms with Gasteiger partial charge in [-0.25, -0.2) is 14.4 Å². The van der Waals surface area contributed by atoms with E-state index in [0.29, 0.717) is 15.3 Å². The lowest BCUT2D eigenvalue weighted by atomic mass is 10.3. The van der Waals surface area contributed by atoms with Crippen molar-refractivity contribution in [3.63, 3.8) is 0 Å². The van der Waals surface area contributed by atoms with Gasteiger partial charge < -0.3 is 10.6 Å². The Hall–Kier alpha value is -2.00. The molecule has 0 radical (unpaired) electrons. The average molecular weight is 427 g/mol. The molecule has 0 aliphatic heterocycles. The van der Waals surface area contributed by atoms with E-state index in [2.05, 4.69) is 36.5 Å². The smallest absolute Gasteiger partial charge is 0.271 e. The molecule has 0 saturated carbocycles. The van der Waals surface area contributed by atoms with Crippen molar-refractivity contribution in [3.8, 4) is 0 Å². The summed E-state index contributed by atoms with van der Waals surface area (Å²) < 4.78 is 13.3. The molecule has 2 amide bonds. The molecule has 0 fully saturated rings. The number of thioether (sulfide) groups is 1. The number of hydrogen-bond donors (Lipinski definition) is 2. The van der Waals surface area contributed by atoms with Gasteiger partial charge >= 0.3 is 0 Å². The van der Waals surface area contributed by atoms with Crippen molar-refractivity contribution in [2.45, 2.75) is 18.5 Å². The molecule has 1 aromatic carbocycles. The first-order chi connectivity index (χ1) is 12.0. The van der Waals surface area contributed by atoms with E-state index >= 15 is 0 Å². The lowest BCUT2D eigenvalue weighted by Crippen LogP contribution is -2.33. The number of rotatable bonds is 7. The van der Waals surface area contributed by atoms with Gasteiger partial charge in [-0.3, -0.25) is 9.59 Å². The van der Waals surface area contributed by atoms with Gasteiger partial charge in [-0.2, -0.15) is 0 Å². The minimum absolute atomic E-state index is 0.170. The molecule has 9 heteroatoms. The summed E-state index contributed by atoms with van der Waals surface area (Å²) in [4.78, 5) is 32.4. The van der Waals surface area contributed by atoms with Crippen LogP contribution in [0.15, 0.2) is 40.1 Å². The predicted molar refractivity (Wildman–Crippen MR) is 98.1 cm³/mol. The SMILES string of the molecule is CCCSc1ncc(Br)c(C(=O)NCC(=O)Nc2ccc(F)cc2)n1. The summed E-state index contributed by atoms with van der Waals surface area (Å²) in [5.74, 6) is -0.452. The number of nitrogens with one attached hydrogen (secondary N) is 2. The lowest BCUT2D eigenvalue weighted by molar-refractivity contribution is -0.115. The second kappa shape index (κ2) is 9.47. The maximum Gasteiger partial charge on any atom is 0.271 e. The second-order valence-electron chi connectivity index (χ2n) is 4.94. The second-order valence-corrected chi connectivity index (χ2v) is 6.85. The van der Waals surface area contributed by atoms with Crippen molar-refractivity contribution >= 4 is 45.2 Å². The Balaban J connectivity index is 1.92. The number of halogens is 2. The van der Waals surface area contributed by atoms with Crippen LogP contribution in [0.5, 0.6) is 0 Å². The fraction of sp³-hybridized carbons (Fsp3) is 0.250. The third-order valence-electron chi connectivity index (χ3n) is 2.91. The molecule has 0 aliphatic carbocycles. The van der Waals surface area contributed by atoms with Gasteiger partial charge in [0.15, 0.2) is 5.16 Å². The summed E-state index contributed by atoms with van der Waals surface area (Å²) in [7, 11) is 0. The van der Waals surface area contributed by atoms with Crippen LogP contribution >= 0.6 is 27.7 Å². The van der Waals surface area contributed by atoms with Gasteiger partial charge in [-0.15, -0.1) is 0 Å². The third kappa shape index (κ3) is 6.09. The van der Waals surface area contributed by atoms with Crippen molar-refractivity contribution < 1.29 is 14.0 Å². The van der Waals surface area contributed by atoms with Crippen molar-refractivity contribution in [1.82, 2.24) is 15.3 Å². The van der Waals surface area contributed by atoms with Crippen LogP contribution < -0.4 is 10.6 Å². The van der Waals surface area contributed by atoms with Crippen LogP contribution in [0, 0.1) is 5.82 Å². The Bertz CT molecular complexity index is 758. The molecule has 6 nitrogen and oxygen atoms in total. The van der Waals surface area contributed by atoms with Crippen LogP contribution in [0.3, 0.4) is 0 Å². The predicted octanol–water partition coefficient (Wildman–Crippen LogP) is 3.25. The molecule has 0 aliphatic rings. The van der Waals surface area contributed by atoms with E-state index < -0.39 is 17.6 Å². The Labute approximate surface area is 157 Å². The number of carbonyl (C=O) groups is 2. The van der Waals surface area contributed by atoms with E-state index in [1.807, 2.05) is 6.92 Å². The molecule has 0 bridgehead atoms. The highest BCUT2D eigenvalue weighted by atomic mass is 79.9. The van der Waals surface area contributed by atoms with Crippen LogP contribution in [0.4, 0.5) is 10.1 Å². The molecule has 2 rings (SSSR count). The van der Waals surface area contributed by atoms with Gasteiger partial charge in [-0.1, -0.05) is 18.7 Å². The van der Waals surface area contributed by atoms with Gasteiger partial charge in [0.05, 0.1) is 11.0 Å². The number of amides is 2. The van der Waals surface area contributed by atoms with Gasteiger partial charge in [0.1, 0.15) is 11.5 Å². The number of aromatic nitrogens is 2. The first-order valence-corrected chi connectivity index (χ1v) is 9.26. The minimum Gasteiger partial charge on any atom is -0.342 e. The zero-order chi connectivity index (χ0) is 18.2. The van der Waals surface area contributed by atoms with E-state index in [1.54, 1.807) is 0 Å². The van der Waals surface area contributed by atoms with Gasteiger partial charge in [0.25, 0.3) is 5.91 Å². The fourth-order valence-electron chi connectivity index (χ4n) is 1.76. The average Bonchev–Trinajstić information content (AvgIpc) is 2.61. The molecule has 132 valence electrons. The van der Waals surface area contributed by atoms with Crippen molar-refractivity contribution in [1.29, 1.82) is 0 Å². The van der Waals surface area contributed by atoms with Crippen molar-refractivity contribution in [3.05, 3.63) is 46.4 Å². The summed E-state index contributed by atoms with van der Waals surface area (Å²) in [6.45, 7) is 1.81. The first kappa shape index (κ1) is 19.3. The number of carbonyl (C=O) groups excluding carboxylic acids is 2. The minimum atomic E-state index is -0.484. The van der Waals surface area contributed by atoms with Gasteiger partial charge in [0.2, 0.25) is 5.91 Å². The van der Waals surface area contributed by atoms with E-state index in [-0.39, 0.29) is 12.2 Å². The van der Waals surface area contributed by atoms with Crippen LogP contribution in [0.2, 0.25) is 0 Å². The Morgan fingerprint density at radius 3 is 2.68 bits per heavy atom. The van der Waals surface area contributed by atoms with Crippen LogP contribution in [-0.4, -0.2) is 34.1 Å². The Kier molecular flexibility index (Phi) is 7.32. The highest BCUT2D eigenvalue weighted by Gasteiger charge is 2.15. The highest BCUT2D eigenvalue weighted by Crippen LogP contribution is 2.19. The zero-order valence-electron chi connectivity index (χ0n) is 13.4. The molecule has 0 unspecified atom stereocenters. The van der Waals surface area contributed by atoms with Crippen LogP contribution in [0.25, 0.3) is 0 Å². The Morgan fingerprint density at radius 2 is 2.00 bits per heavy atom. The van der Waals surface area contributed by atoms with E-state index in [9.17, 15) is 14.0 Å². The van der Waals surface area contributed by atoms with Crippen LogP contribution in [0.1, 0.15) is 23.8 Å². The number of anilines is 1. The molecule has 25 heavy (non-hydrogen) atoms. The topological polar surface area (TPSA) is 84.0 Å². The molecular formula is C16H16BrFN4O2S. The largest absolute Gasteiger partial charge is 0.342 e. The van der Waals surface area contributed by atoms with Crippen molar-refractivity contribution in [2.75, 3.05) is 17.6 Å². The molecule has 1 heterocycles. The van der Waals surface area contributed by atoms with Crippen molar-refractivity contribution in [2.24, 2.45) is 0 Å². The summed E-state index contributed by atoms with van der Waals surface area (Å²) in [5.41, 5.74) is 0.616. The molecule has 2 aromatic rings. The number of benzene rings is 1. The van der Waals surface area contributed by atoms with Gasteiger partial charge in [0, 0.05) is 17.6 Å². The number of hydrogen-bond acceptors (Lipinski definition) is 5.